The van der Waals surface area contributed by atoms with Gasteiger partial charge in [-0.3, -0.25) is 0 Å². The molecule has 0 saturated heterocycles. The largest absolute Gasteiger partial charge is 0.500 e. The van der Waals surface area contributed by atoms with E-state index in [1.54, 1.807) is 0 Å². The monoisotopic (exact) mass is 452 g/mol. The van der Waals surface area contributed by atoms with Gasteiger partial charge in [-0.2, -0.15) is 0 Å². The van der Waals surface area contributed by atoms with Crippen LogP contribution in [0.2, 0.25) is 0 Å². The maximum absolute atomic E-state index is 10.0. The van der Waals surface area contributed by atoms with Gasteiger partial charge < -0.3 is 42.2 Å². The molecule has 0 amide bonds. The van der Waals surface area contributed by atoms with Crippen LogP contribution in [0.4, 0.5) is 0 Å². The Hall–Kier alpha value is 0.732. The van der Waals surface area contributed by atoms with Gasteiger partial charge in [0.05, 0.1) is 11.5 Å². The second-order valence-corrected chi connectivity index (χ2v) is 24.0. The van der Waals surface area contributed by atoms with E-state index in [0.29, 0.717) is 11.7 Å². The number of fused-ring (bicyclic) bond motifs is 1. The fourth-order valence-corrected chi connectivity index (χ4v) is 2.20. The summed E-state index contributed by atoms with van der Waals surface area (Å²) in [6.07, 6.45) is 2.17. The predicted octanol–water partition coefficient (Wildman–Crippen LogP) is 4.91. The van der Waals surface area contributed by atoms with Crippen LogP contribution >= 0.6 is 42.2 Å². The van der Waals surface area contributed by atoms with E-state index in [9.17, 15) is 4.79 Å². The quantitative estimate of drug-likeness (QED) is 0.326. The lowest BCUT2D eigenvalue weighted by Crippen LogP contribution is -2.28. The molecule has 1 aromatic carbocycles. The first-order valence-electron chi connectivity index (χ1n) is 5.87. The highest BCUT2D eigenvalue weighted by atomic mass is 80.0. The van der Waals surface area contributed by atoms with Gasteiger partial charge in [0.2, 0.25) is 14.2 Å². The summed E-state index contributed by atoms with van der Waals surface area (Å²) >= 11 is 9.73. The number of ketones is 1. The zero-order valence-electron chi connectivity index (χ0n) is 10.5. The lowest BCUT2D eigenvalue weighted by Gasteiger charge is -2.16. The first-order valence-corrected chi connectivity index (χ1v) is 15.4. The van der Waals surface area contributed by atoms with Crippen molar-refractivity contribution in [3.63, 3.8) is 0 Å². The molecule has 18 heavy (non-hydrogen) atoms. The average molecular weight is 455 g/mol. The van der Waals surface area contributed by atoms with E-state index in [2.05, 4.69) is 55.1 Å². The normalized spacial score (nSPS) is 18.2. The van der Waals surface area contributed by atoms with Crippen molar-refractivity contribution in [3.05, 3.63) is 41.3 Å². The molecule has 0 saturated carbocycles. The van der Waals surface area contributed by atoms with Crippen LogP contribution in [0.25, 0.3) is 0 Å². The third-order valence-electron chi connectivity index (χ3n) is 3.22. The Morgan fingerprint density at radius 2 is 1.89 bits per heavy atom. The minimum absolute atomic E-state index is 0.499. The van der Waals surface area contributed by atoms with E-state index in [0.717, 1.165) is 24.3 Å². The Labute approximate surface area is 134 Å². The van der Waals surface area contributed by atoms with Crippen LogP contribution in [0.1, 0.15) is 31.4 Å². The average Bonchev–Trinajstić information content (AvgIpc) is 2.33. The van der Waals surface area contributed by atoms with Crippen LogP contribution in [0.15, 0.2) is 24.3 Å². The molecule has 1 unspecified atom stereocenters. The molecule has 97 valence electrons. The van der Waals surface area contributed by atoms with Crippen LogP contribution in [0.5, 0.6) is 0 Å². The third-order valence-corrected chi connectivity index (χ3v) is 3.22. The Morgan fingerprint density at radius 1 is 1.33 bits per heavy atom. The molecule has 1 aromatic rings. The van der Waals surface area contributed by atoms with Crippen molar-refractivity contribution < 1.29 is 4.79 Å². The molecule has 0 bridgehead atoms. The van der Waals surface area contributed by atoms with E-state index in [-0.39, 0.29) is 0 Å². The Bertz CT molecular complexity index is 406. The fraction of sp³-hybridized carbons (Fsp3) is 0.385. The topological polar surface area (TPSA) is 21.4 Å². The van der Waals surface area contributed by atoms with Crippen molar-refractivity contribution in [1.82, 2.24) is 0 Å². The summed E-state index contributed by atoms with van der Waals surface area (Å²) in [5, 5.41) is 0. The van der Waals surface area contributed by atoms with Gasteiger partial charge in [0.25, 0.3) is 0 Å². The molecule has 1 nitrogen and oxygen atoms in total. The smallest absolute Gasteiger partial charge is 0.413 e. The third kappa shape index (κ3) is 4.68. The van der Waals surface area contributed by atoms with Crippen LogP contribution < -0.4 is 0 Å². The molecule has 2 rings (SSSR count). The molecule has 0 aromatic heterocycles. The van der Waals surface area contributed by atoms with Gasteiger partial charge >= 0.3 is 5.78 Å². The fourth-order valence-electron chi connectivity index (χ4n) is 2.20. The number of benzene rings is 1. The summed E-state index contributed by atoms with van der Waals surface area (Å²) in [5.41, 5.74) is 2.30. The molecule has 1 N–H and O–H groups in total. The molecule has 0 heterocycles. The predicted molar refractivity (Wildman–Crippen MR) is 91.4 cm³/mol. The standard InChI is InChI=1S/C13H15O.Al.3BrH/c1-3-10-8-11-6-4-5-7-12(11)13(14)9(10)2;;;;/h4-7,10H,3,8H2,1-2H3;;3*1H/q+1;+2;;;/p-2. The van der Waals surface area contributed by atoms with Gasteiger partial charge in [-0.05, 0) is 18.6 Å². The summed E-state index contributed by atoms with van der Waals surface area (Å²) in [6, 6.07) is 8.13. The van der Waals surface area contributed by atoms with Gasteiger partial charge in [0, 0.05) is 19.4 Å². The van der Waals surface area contributed by atoms with Crippen molar-refractivity contribution >= 4 is 56.6 Å². The van der Waals surface area contributed by atoms with Crippen molar-refractivity contribution in [1.29, 1.82) is 0 Å². The summed E-state index contributed by atoms with van der Waals surface area (Å²) < 4.78 is 0. The summed E-state index contributed by atoms with van der Waals surface area (Å²) in [6.45, 7) is 4.22. The number of halogens is 3. The molecule has 1 radical (unpaired) electrons. The molecule has 0 spiro atoms. The molecular weight excluding hydrogens is 439 g/mol. The SMILES string of the molecule is CCC1Cc2ccccc2C(=[OH+])[C+]1C.[Br][Al-]([Br])[Br]. The van der Waals surface area contributed by atoms with E-state index in [1.807, 2.05) is 25.1 Å². The summed E-state index contributed by atoms with van der Waals surface area (Å²) in [5.74, 6) is 2.16. The van der Waals surface area contributed by atoms with E-state index in [1.165, 1.54) is 5.56 Å². The minimum Gasteiger partial charge on any atom is -0.413 e. The van der Waals surface area contributed by atoms with Gasteiger partial charge in [-0.25, -0.2) is 4.79 Å². The highest BCUT2D eigenvalue weighted by Crippen LogP contribution is 2.32. The number of hydrogen-bond acceptors (Lipinski definition) is 0. The van der Waals surface area contributed by atoms with E-state index in [4.69, 9.17) is 0 Å². The number of hydrogen-bond donors (Lipinski definition) is 0. The number of rotatable bonds is 1. The lowest BCUT2D eigenvalue weighted by atomic mass is 9.75. The van der Waals surface area contributed by atoms with Crippen LogP contribution in [0, 0.1) is 11.8 Å². The maximum Gasteiger partial charge on any atom is 0.500 e. The molecule has 5 heteroatoms. The van der Waals surface area contributed by atoms with E-state index >= 15 is 0 Å². The van der Waals surface area contributed by atoms with Crippen molar-refractivity contribution in [2.75, 3.05) is 0 Å². The number of carbonyl (C=O) groups excluding carboxylic acids is 1. The molecule has 1 atom stereocenters. The Kier molecular flexibility index (Phi) is 7.57. The lowest BCUT2D eigenvalue weighted by molar-refractivity contribution is 0.523. The molecular formula is C13H16AlBr3O+. The Morgan fingerprint density at radius 3 is 2.44 bits per heavy atom. The zero-order valence-corrected chi connectivity index (χ0v) is 16.4. The minimum atomic E-state index is -0.701. The van der Waals surface area contributed by atoms with Crippen molar-refractivity contribution in [2.45, 2.75) is 26.7 Å². The van der Waals surface area contributed by atoms with Crippen molar-refractivity contribution in [2.24, 2.45) is 5.92 Å². The van der Waals surface area contributed by atoms with Gasteiger partial charge in [0.1, 0.15) is 0 Å². The Balaban J connectivity index is 0.000000357. The molecule has 1 aliphatic rings. The summed E-state index contributed by atoms with van der Waals surface area (Å²) in [4.78, 5) is 10.0. The second-order valence-electron chi connectivity index (χ2n) is 4.25. The highest BCUT2D eigenvalue weighted by Gasteiger charge is 2.45. The zero-order chi connectivity index (χ0) is 13.7. The van der Waals surface area contributed by atoms with Crippen LogP contribution in [-0.4, -0.2) is 19.2 Å². The van der Waals surface area contributed by atoms with Gasteiger partial charge in [-0.15, -0.1) is 0 Å². The van der Waals surface area contributed by atoms with Crippen LogP contribution in [-0.2, 0) is 6.42 Å². The highest BCUT2D eigenvalue weighted by molar-refractivity contribution is 9.69. The second kappa shape index (κ2) is 8.12. The molecule has 0 fully saturated rings. The van der Waals surface area contributed by atoms with Gasteiger partial charge in [0.15, 0.2) is 5.92 Å². The summed E-state index contributed by atoms with van der Waals surface area (Å²) in [7, 11) is -0.701. The van der Waals surface area contributed by atoms with Crippen LogP contribution in [0.3, 0.4) is 0 Å². The van der Waals surface area contributed by atoms with E-state index < -0.39 is 8.67 Å². The molecule has 0 aliphatic heterocycles. The first-order chi connectivity index (χ1) is 8.47. The van der Waals surface area contributed by atoms with Gasteiger partial charge in [-0.1, -0.05) is 13.0 Å². The van der Waals surface area contributed by atoms with Crippen molar-refractivity contribution in [3.8, 4) is 0 Å². The first kappa shape index (κ1) is 16.8. The molecule has 1 aliphatic carbocycles. The maximum atomic E-state index is 10.0.